The van der Waals surface area contributed by atoms with Crippen molar-refractivity contribution in [3.8, 4) is 0 Å². The summed E-state index contributed by atoms with van der Waals surface area (Å²) in [5, 5.41) is 0. The first-order valence-corrected chi connectivity index (χ1v) is 3.01. The monoisotopic (exact) mass is 175 g/mol. The standard InChI is InChI=1S/C6H5F2N3O.H2/c7-5(8)3-1-11-4(2-10-3)6(9)12;/h1-2,5H,(H2,9,12);1H. The van der Waals surface area contributed by atoms with Gasteiger partial charge in [0.2, 0.25) is 0 Å². The van der Waals surface area contributed by atoms with Crippen molar-refractivity contribution < 1.29 is 15.0 Å². The smallest absolute Gasteiger partial charge is 0.281 e. The Balaban J connectivity index is 0.00000144. The van der Waals surface area contributed by atoms with Crippen LogP contribution in [0.1, 0.15) is 24.0 Å². The zero-order valence-electron chi connectivity index (χ0n) is 5.87. The number of hydrogen-bond acceptors (Lipinski definition) is 3. The first-order chi connectivity index (χ1) is 5.61. The van der Waals surface area contributed by atoms with Gasteiger partial charge in [0.25, 0.3) is 12.3 Å². The summed E-state index contributed by atoms with van der Waals surface area (Å²) < 4.78 is 23.8. The molecule has 1 amide bonds. The van der Waals surface area contributed by atoms with Gasteiger partial charge in [-0.15, -0.1) is 0 Å². The van der Waals surface area contributed by atoms with Crippen molar-refractivity contribution in [2.24, 2.45) is 5.73 Å². The predicted octanol–water partition coefficient (Wildman–Crippen LogP) is 0.759. The summed E-state index contributed by atoms with van der Waals surface area (Å²) in [6, 6.07) is 0. The van der Waals surface area contributed by atoms with E-state index < -0.39 is 18.0 Å². The molecule has 1 heterocycles. The fourth-order valence-electron chi connectivity index (χ4n) is 0.578. The third-order valence-corrected chi connectivity index (χ3v) is 1.15. The highest BCUT2D eigenvalue weighted by molar-refractivity contribution is 5.90. The van der Waals surface area contributed by atoms with E-state index in [1.807, 2.05) is 0 Å². The summed E-state index contributed by atoms with van der Waals surface area (Å²) >= 11 is 0. The molecule has 0 spiro atoms. The van der Waals surface area contributed by atoms with Gasteiger partial charge in [-0.1, -0.05) is 0 Å². The van der Waals surface area contributed by atoms with Crippen molar-refractivity contribution in [3.63, 3.8) is 0 Å². The number of carbonyl (C=O) groups is 1. The van der Waals surface area contributed by atoms with Gasteiger partial charge in [0, 0.05) is 1.43 Å². The highest BCUT2D eigenvalue weighted by Crippen LogP contribution is 2.13. The van der Waals surface area contributed by atoms with Crippen molar-refractivity contribution in [2.75, 3.05) is 0 Å². The SMILES string of the molecule is NC(=O)c1cnc(C(F)F)cn1.[HH]. The van der Waals surface area contributed by atoms with E-state index in [1.165, 1.54) is 0 Å². The van der Waals surface area contributed by atoms with Crippen LogP contribution in [0.25, 0.3) is 0 Å². The zero-order valence-corrected chi connectivity index (χ0v) is 5.87. The van der Waals surface area contributed by atoms with Crippen LogP contribution in [0.5, 0.6) is 0 Å². The maximum atomic E-state index is 11.9. The largest absolute Gasteiger partial charge is 0.364 e. The Morgan fingerprint density at radius 2 is 2.17 bits per heavy atom. The first-order valence-electron chi connectivity index (χ1n) is 3.01. The summed E-state index contributed by atoms with van der Waals surface area (Å²) in [5.41, 5.74) is 4.21. The molecule has 0 aliphatic heterocycles. The summed E-state index contributed by atoms with van der Waals surface area (Å²) in [4.78, 5) is 17.1. The maximum Gasteiger partial charge on any atom is 0.281 e. The average Bonchev–Trinajstić information content (AvgIpc) is 2.04. The van der Waals surface area contributed by atoms with Crippen molar-refractivity contribution in [1.82, 2.24) is 9.97 Å². The van der Waals surface area contributed by atoms with Crippen molar-refractivity contribution in [2.45, 2.75) is 6.43 Å². The summed E-state index contributed by atoms with van der Waals surface area (Å²) in [5.74, 6) is -0.789. The number of alkyl halides is 2. The number of aromatic nitrogens is 2. The van der Waals surface area contributed by atoms with E-state index in [9.17, 15) is 13.6 Å². The molecule has 0 saturated heterocycles. The highest BCUT2D eigenvalue weighted by atomic mass is 19.3. The van der Waals surface area contributed by atoms with Crippen LogP contribution in [0.3, 0.4) is 0 Å². The van der Waals surface area contributed by atoms with Gasteiger partial charge in [-0.25, -0.2) is 13.8 Å². The van der Waals surface area contributed by atoms with Crippen molar-refractivity contribution in [3.05, 3.63) is 23.8 Å². The molecule has 12 heavy (non-hydrogen) atoms. The second-order valence-electron chi connectivity index (χ2n) is 1.99. The van der Waals surface area contributed by atoms with E-state index >= 15 is 0 Å². The third-order valence-electron chi connectivity index (χ3n) is 1.15. The van der Waals surface area contributed by atoms with Crippen LogP contribution >= 0.6 is 0 Å². The zero-order chi connectivity index (χ0) is 9.14. The minimum absolute atomic E-state index is 0. The van der Waals surface area contributed by atoms with Gasteiger partial charge >= 0.3 is 0 Å². The molecular formula is C6H7F2N3O. The number of primary amides is 1. The molecule has 6 heteroatoms. The van der Waals surface area contributed by atoms with E-state index in [4.69, 9.17) is 5.73 Å². The minimum Gasteiger partial charge on any atom is -0.364 e. The van der Waals surface area contributed by atoms with Gasteiger partial charge in [0.05, 0.1) is 12.4 Å². The van der Waals surface area contributed by atoms with Crippen LogP contribution in [0, 0.1) is 0 Å². The van der Waals surface area contributed by atoms with Gasteiger partial charge in [-0.3, -0.25) is 9.78 Å². The lowest BCUT2D eigenvalue weighted by atomic mass is 10.4. The quantitative estimate of drug-likeness (QED) is 0.721. The van der Waals surface area contributed by atoms with Gasteiger partial charge in [-0.2, -0.15) is 0 Å². The molecule has 0 fully saturated rings. The van der Waals surface area contributed by atoms with Gasteiger partial charge in [0.1, 0.15) is 11.4 Å². The molecule has 0 unspecified atom stereocenters. The molecule has 66 valence electrons. The lowest BCUT2D eigenvalue weighted by Gasteiger charge is -1.97. The van der Waals surface area contributed by atoms with Gasteiger partial charge in [-0.05, 0) is 0 Å². The minimum atomic E-state index is -2.68. The number of amides is 1. The molecule has 0 radical (unpaired) electrons. The molecule has 2 N–H and O–H groups in total. The lowest BCUT2D eigenvalue weighted by Crippen LogP contribution is -2.13. The van der Waals surface area contributed by atoms with E-state index in [0.29, 0.717) is 0 Å². The topological polar surface area (TPSA) is 68.9 Å². The van der Waals surface area contributed by atoms with E-state index in [0.717, 1.165) is 12.4 Å². The molecule has 0 saturated carbocycles. The molecule has 4 nitrogen and oxygen atoms in total. The third kappa shape index (κ3) is 1.71. The van der Waals surface area contributed by atoms with Crippen LogP contribution < -0.4 is 5.73 Å². The normalized spacial score (nSPS) is 10.2. The van der Waals surface area contributed by atoms with Crippen molar-refractivity contribution in [1.29, 1.82) is 0 Å². The summed E-state index contributed by atoms with van der Waals surface area (Å²) in [6.07, 6.45) is -0.936. The molecule has 0 aliphatic carbocycles. The fraction of sp³-hybridized carbons (Fsp3) is 0.167. The number of halogens is 2. The Labute approximate surface area is 67.9 Å². The Morgan fingerprint density at radius 1 is 1.50 bits per heavy atom. The molecule has 0 aromatic carbocycles. The second-order valence-corrected chi connectivity index (χ2v) is 1.99. The Bertz CT molecular complexity index is 290. The fourth-order valence-corrected chi connectivity index (χ4v) is 0.578. The number of carbonyl (C=O) groups excluding carboxylic acids is 1. The number of hydrogen-bond donors (Lipinski definition) is 1. The van der Waals surface area contributed by atoms with Crippen LogP contribution in [0.15, 0.2) is 12.4 Å². The van der Waals surface area contributed by atoms with Crippen molar-refractivity contribution >= 4 is 5.91 Å². The van der Waals surface area contributed by atoms with Crippen LogP contribution in [0.4, 0.5) is 8.78 Å². The first kappa shape index (κ1) is 8.51. The second kappa shape index (κ2) is 3.21. The average molecular weight is 175 g/mol. The highest BCUT2D eigenvalue weighted by Gasteiger charge is 2.10. The molecule has 0 atom stereocenters. The van der Waals surface area contributed by atoms with E-state index in [1.54, 1.807) is 0 Å². The Morgan fingerprint density at radius 3 is 2.50 bits per heavy atom. The molecule has 0 bridgehead atoms. The summed E-state index contributed by atoms with van der Waals surface area (Å²) in [7, 11) is 0. The Kier molecular flexibility index (Phi) is 2.27. The van der Waals surface area contributed by atoms with Crippen LogP contribution in [-0.2, 0) is 0 Å². The van der Waals surface area contributed by atoms with E-state index in [-0.39, 0.29) is 7.12 Å². The number of nitrogens with two attached hydrogens (primary N) is 1. The molecular weight excluding hydrogens is 168 g/mol. The maximum absolute atomic E-state index is 11.9. The van der Waals surface area contributed by atoms with Gasteiger partial charge < -0.3 is 5.73 Å². The van der Waals surface area contributed by atoms with Gasteiger partial charge in [0.15, 0.2) is 0 Å². The lowest BCUT2D eigenvalue weighted by molar-refractivity contribution is 0.0993. The summed E-state index contributed by atoms with van der Waals surface area (Å²) in [6.45, 7) is 0. The Hall–Kier alpha value is -1.59. The molecule has 0 aliphatic rings. The predicted molar refractivity (Wildman–Crippen MR) is 37.6 cm³/mol. The van der Waals surface area contributed by atoms with E-state index in [2.05, 4.69) is 9.97 Å². The molecule has 1 aromatic rings. The number of nitrogens with zero attached hydrogens (tertiary/aromatic N) is 2. The number of rotatable bonds is 2. The molecule has 1 rings (SSSR count). The van der Waals surface area contributed by atoms with Crippen LogP contribution in [0.2, 0.25) is 0 Å². The molecule has 1 aromatic heterocycles. The van der Waals surface area contributed by atoms with Crippen LogP contribution in [-0.4, -0.2) is 15.9 Å².